The van der Waals surface area contributed by atoms with Gasteiger partial charge in [-0.25, -0.2) is 9.37 Å². The number of ketones is 1. The van der Waals surface area contributed by atoms with Gasteiger partial charge in [-0.1, -0.05) is 11.3 Å². The fourth-order valence-electron chi connectivity index (χ4n) is 2.51. The molecule has 0 aromatic carbocycles. The summed E-state index contributed by atoms with van der Waals surface area (Å²) in [6.45, 7) is 3.15. The number of hydrogen-bond acceptors (Lipinski definition) is 7. The molecule has 4 heterocycles. The van der Waals surface area contributed by atoms with E-state index in [4.69, 9.17) is 4.74 Å². The molecule has 5 nitrogen and oxygen atoms in total. The number of fused-ring (bicyclic) bond motifs is 1. The lowest BCUT2D eigenvalue weighted by Crippen LogP contribution is -2.36. The third-order valence-corrected chi connectivity index (χ3v) is 6.03. The molecule has 0 unspecified atom stereocenters. The summed E-state index contributed by atoms with van der Waals surface area (Å²) in [6.07, 6.45) is 1.30. The summed E-state index contributed by atoms with van der Waals surface area (Å²) in [5.41, 5.74) is 0.570. The van der Waals surface area contributed by atoms with Crippen LogP contribution in [0.25, 0.3) is 9.53 Å². The van der Waals surface area contributed by atoms with Crippen LogP contribution in [-0.4, -0.2) is 42.1 Å². The van der Waals surface area contributed by atoms with Gasteiger partial charge in [0.25, 0.3) is 0 Å². The quantitative estimate of drug-likeness (QED) is 0.667. The van der Waals surface area contributed by atoms with Crippen LogP contribution in [0.3, 0.4) is 0 Å². The number of aromatic nitrogens is 2. The van der Waals surface area contributed by atoms with Crippen molar-refractivity contribution in [2.24, 2.45) is 0 Å². The molecule has 0 bridgehead atoms. The first-order valence-corrected chi connectivity index (χ1v) is 9.19. The molecular weight excluding hydrogens is 349 g/mol. The van der Waals surface area contributed by atoms with Crippen LogP contribution >= 0.6 is 22.7 Å². The van der Waals surface area contributed by atoms with Crippen molar-refractivity contribution in [3.05, 3.63) is 40.8 Å². The molecule has 3 aromatic heterocycles. The van der Waals surface area contributed by atoms with Gasteiger partial charge in [0.15, 0.2) is 10.9 Å². The van der Waals surface area contributed by atoms with E-state index in [9.17, 15) is 9.18 Å². The fourth-order valence-corrected chi connectivity index (χ4v) is 4.71. The number of halogens is 1. The summed E-state index contributed by atoms with van der Waals surface area (Å²) in [6, 6.07) is 4.75. The molecule has 4 rings (SSSR count). The molecule has 0 N–H and O–H groups in total. The second-order valence-electron chi connectivity index (χ2n) is 5.44. The molecule has 0 aliphatic carbocycles. The Morgan fingerprint density at radius 2 is 2.12 bits per heavy atom. The number of nitrogens with zero attached hydrogens (tertiary/aromatic N) is 3. The van der Waals surface area contributed by atoms with Crippen LogP contribution < -0.4 is 4.90 Å². The highest BCUT2D eigenvalue weighted by molar-refractivity contribution is 7.29. The van der Waals surface area contributed by atoms with E-state index in [2.05, 4.69) is 14.9 Å². The van der Waals surface area contributed by atoms with Gasteiger partial charge in [0, 0.05) is 18.8 Å². The zero-order valence-corrected chi connectivity index (χ0v) is 14.3. The summed E-state index contributed by atoms with van der Waals surface area (Å²) in [5, 5.41) is 0.985. The van der Waals surface area contributed by atoms with Crippen LogP contribution in [0.15, 0.2) is 24.4 Å². The maximum Gasteiger partial charge on any atom is 0.187 e. The minimum Gasteiger partial charge on any atom is -0.378 e. The molecule has 0 amide bonds. The lowest BCUT2D eigenvalue weighted by Gasteiger charge is -2.25. The zero-order valence-electron chi connectivity index (χ0n) is 12.7. The van der Waals surface area contributed by atoms with E-state index in [1.807, 2.05) is 6.07 Å². The Balaban J connectivity index is 1.51. The molecule has 0 atom stereocenters. The van der Waals surface area contributed by atoms with E-state index in [0.29, 0.717) is 10.6 Å². The van der Waals surface area contributed by atoms with Gasteiger partial charge in [-0.3, -0.25) is 9.78 Å². The Morgan fingerprint density at radius 1 is 1.29 bits per heavy atom. The largest absolute Gasteiger partial charge is 0.378 e. The molecule has 0 radical (unpaired) electrons. The SMILES string of the molecule is O=C(Cc1ccc(F)cn1)c1cc2sc(N3CCOCC3)nc2s1. The Kier molecular flexibility index (Phi) is 4.26. The monoisotopic (exact) mass is 363 g/mol. The van der Waals surface area contributed by atoms with Crippen molar-refractivity contribution in [3.63, 3.8) is 0 Å². The first-order chi connectivity index (χ1) is 11.7. The average Bonchev–Trinajstić information content (AvgIpc) is 3.17. The summed E-state index contributed by atoms with van der Waals surface area (Å²) in [7, 11) is 0. The number of anilines is 1. The highest BCUT2D eigenvalue weighted by Crippen LogP contribution is 2.35. The lowest BCUT2D eigenvalue weighted by molar-refractivity contribution is 0.0996. The van der Waals surface area contributed by atoms with Crippen LogP contribution in [-0.2, 0) is 11.2 Å². The third kappa shape index (κ3) is 3.17. The molecular formula is C16H14FN3O2S2. The number of carbonyl (C=O) groups is 1. The second-order valence-corrected chi connectivity index (χ2v) is 7.48. The second kappa shape index (κ2) is 6.54. The summed E-state index contributed by atoms with van der Waals surface area (Å²) in [4.78, 5) is 24.7. The van der Waals surface area contributed by atoms with Gasteiger partial charge in [0.05, 0.1) is 35.4 Å². The van der Waals surface area contributed by atoms with Crippen molar-refractivity contribution >= 4 is 43.1 Å². The Morgan fingerprint density at radius 3 is 2.83 bits per heavy atom. The van der Waals surface area contributed by atoms with Crippen molar-refractivity contribution in [1.29, 1.82) is 0 Å². The maximum atomic E-state index is 12.9. The van der Waals surface area contributed by atoms with Crippen LogP contribution in [0.1, 0.15) is 15.4 Å². The van der Waals surface area contributed by atoms with Crippen LogP contribution in [0.4, 0.5) is 9.52 Å². The number of ether oxygens (including phenoxy) is 1. The number of Topliss-reactive ketones (excluding diaryl/α,β-unsaturated/α-hetero) is 1. The van der Waals surface area contributed by atoms with Gasteiger partial charge in [-0.05, 0) is 18.2 Å². The van der Waals surface area contributed by atoms with E-state index >= 15 is 0 Å². The van der Waals surface area contributed by atoms with E-state index in [-0.39, 0.29) is 12.2 Å². The molecule has 8 heteroatoms. The first-order valence-electron chi connectivity index (χ1n) is 7.56. The highest BCUT2D eigenvalue weighted by Gasteiger charge is 2.19. The van der Waals surface area contributed by atoms with Crippen molar-refractivity contribution < 1.29 is 13.9 Å². The minimum absolute atomic E-state index is 0.0165. The van der Waals surface area contributed by atoms with Crippen molar-refractivity contribution in [2.45, 2.75) is 6.42 Å². The predicted molar refractivity (Wildman–Crippen MR) is 92.8 cm³/mol. The Hall–Kier alpha value is -1.90. The molecule has 0 saturated carbocycles. The topological polar surface area (TPSA) is 55.3 Å². The Bertz CT molecular complexity index is 838. The lowest BCUT2D eigenvalue weighted by atomic mass is 10.2. The van der Waals surface area contributed by atoms with Gasteiger partial charge in [-0.15, -0.1) is 11.3 Å². The number of carbonyl (C=O) groups excluding carboxylic acids is 1. The van der Waals surface area contributed by atoms with Crippen molar-refractivity contribution in [3.8, 4) is 0 Å². The number of hydrogen-bond donors (Lipinski definition) is 0. The van der Waals surface area contributed by atoms with Gasteiger partial charge < -0.3 is 9.64 Å². The molecule has 1 fully saturated rings. The number of thiazole rings is 1. The highest BCUT2D eigenvalue weighted by atomic mass is 32.1. The standard InChI is InChI=1S/C16H14FN3O2S2/c17-10-1-2-11(18-9-10)7-12(21)13-8-14-15(23-13)19-16(24-14)20-3-5-22-6-4-20/h1-2,8-9H,3-7H2. The van der Waals surface area contributed by atoms with Gasteiger partial charge in [-0.2, -0.15) is 0 Å². The molecule has 1 aliphatic heterocycles. The predicted octanol–water partition coefficient (Wildman–Crippen LogP) is 3.15. The van der Waals surface area contributed by atoms with Crippen LogP contribution in [0.2, 0.25) is 0 Å². The number of morpholine rings is 1. The van der Waals surface area contributed by atoms with Crippen LogP contribution in [0, 0.1) is 5.82 Å². The fraction of sp³-hybridized carbons (Fsp3) is 0.312. The molecule has 0 spiro atoms. The van der Waals surface area contributed by atoms with Crippen molar-refractivity contribution in [2.75, 3.05) is 31.2 Å². The molecule has 1 saturated heterocycles. The van der Waals surface area contributed by atoms with E-state index < -0.39 is 5.82 Å². The van der Waals surface area contributed by atoms with E-state index in [0.717, 1.165) is 47.2 Å². The zero-order chi connectivity index (χ0) is 16.5. The molecule has 24 heavy (non-hydrogen) atoms. The summed E-state index contributed by atoms with van der Waals surface area (Å²) in [5.74, 6) is -0.417. The van der Waals surface area contributed by atoms with E-state index in [1.54, 1.807) is 11.3 Å². The van der Waals surface area contributed by atoms with Gasteiger partial charge in [0.1, 0.15) is 10.6 Å². The summed E-state index contributed by atoms with van der Waals surface area (Å²) >= 11 is 3.01. The molecule has 124 valence electrons. The maximum absolute atomic E-state index is 12.9. The number of pyridine rings is 1. The van der Waals surface area contributed by atoms with Gasteiger partial charge >= 0.3 is 0 Å². The van der Waals surface area contributed by atoms with Crippen molar-refractivity contribution in [1.82, 2.24) is 9.97 Å². The number of rotatable bonds is 4. The molecule has 3 aromatic rings. The van der Waals surface area contributed by atoms with E-state index in [1.165, 1.54) is 23.5 Å². The van der Waals surface area contributed by atoms with Gasteiger partial charge in [0.2, 0.25) is 0 Å². The third-order valence-electron chi connectivity index (χ3n) is 3.76. The normalized spacial score (nSPS) is 15.1. The summed E-state index contributed by atoms with van der Waals surface area (Å²) < 4.78 is 19.3. The minimum atomic E-state index is -0.400. The van der Waals surface area contributed by atoms with Crippen LogP contribution in [0.5, 0.6) is 0 Å². The Labute approximate surface area is 145 Å². The average molecular weight is 363 g/mol. The first kappa shape index (κ1) is 15.6. The molecule has 1 aliphatic rings. The smallest absolute Gasteiger partial charge is 0.187 e. The number of thiophene rings is 1.